The number of anilines is 1. The molecule has 1 unspecified atom stereocenters. The van der Waals surface area contributed by atoms with E-state index in [1.807, 2.05) is 6.92 Å². The van der Waals surface area contributed by atoms with Crippen molar-refractivity contribution in [2.24, 2.45) is 4.99 Å². The minimum Gasteiger partial charge on any atom is -0.364 e. The molecule has 1 aliphatic rings. The Morgan fingerprint density at radius 2 is 2.31 bits per heavy atom. The van der Waals surface area contributed by atoms with Gasteiger partial charge in [0, 0.05) is 23.3 Å². The molecule has 1 atom stereocenters. The molecule has 1 amide bonds. The van der Waals surface area contributed by atoms with Crippen molar-refractivity contribution < 1.29 is 9.90 Å². The maximum Gasteiger partial charge on any atom is 0.278 e. The standard InChI is InChI=1S/C11H11ClN2O2/c1-2-14-9-4-3-8(12)5-7(9)6-13-10(15)11(14)16/h3-6,10,15H,2H2,1H3. The lowest BCUT2D eigenvalue weighted by Crippen LogP contribution is -2.37. The van der Waals surface area contributed by atoms with Gasteiger partial charge >= 0.3 is 0 Å². The molecule has 1 heterocycles. The summed E-state index contributed by atoms with van der Waals surface area (Å²) in [5.74, 6) is -0.417. The molecule has 2 rings (SSSR count). The van der Waals surface area contributed by atoms with E-state index < -0.39 is 12.1 Å². The third-order valence-corrected chi connectivity index (χ3v) is 2.67. The predicted octanol–water partition coefficient (Wildman–Crippen LogP) is 1.44. The summed E-state index contributed by atoms with van der Waals surface area (Å²) in [7, 11) is 0. The van der Waals surface area contributed by atoms with Crippen molar-refractivity contribution in [3.8, 4) is 0 Å². The van der Waals surface area contributed by atoms with Crippen LogP contribution in [0.3, 0.4) is 0 Å². The van der Waals surface area contributed by atoms with E-state index in [-0.39, 0.29) is 0 Å². The molecule has 16 heavy (non-hydrogen) atoms. The van der Waals surface area contributed by atoms with Crippen molar-refractivity contribution in [1.29, 1.82) is 0 Å². The first-order valence-corrected chi connectivity index (χ1v) is 5.33. The SMILES string of the molecule is CCN1C(=O)C(O)N=Cc2cc(Cl)ccc21. The number of hydrogen-bond acceptors (Lipinski definition) is 3. The molecule has 5 heteroatoms. The molecule has 0 radical (unpaired) electrons. The highest BCUT2D eigenvalue weighted by Crippen LogP contribution is 2.25. The summed E-state index contributed by atoms with van der Waals surface area (Å²) >= 11 is 5.87. The Balaban J connectivity index is 2.56. The van der Waals surface area contributed by atoms with Gasteiger partial charge in [0.2, 0.25) is 6.23 Å². The first-order chi connectivity index (χ1) is 7.63. The summed E-state index contributed by atoms with van der Waals surface area (Å²) in [5.41, 5.74) is 1.46. The summed E-state index contributed by atoms with van der Waals surface area (Å²) in [6.45, 7) is 2.32. The zero-order valence-corrected chi connectivity index (χ0v) is 9.48. The fourth-order valence-electron chi connectivity index (χ4n) is 1.67. The number of carbonyl (C=O) groups excluding carboxylic acids is 1. The zero-order chi connectivity index (χ0) is 11.7. The minimum absolute atomic E-state index is 0.417. The molecule has 1 N–H and O–H groups in total. The summed E-state index contributed by atoms with van der Waals surface area (Å²) in [6, 6.07) is 5.18. The fraction of sp³-hybridized carbons (Fsp3) is 0.273. The van der Waals surface area contributed by atoms with Gasteiger partial charge < -0.3 is 10.0 Å². The van der Waals surface area contributed by atoms with E-state index >= 15 is 0 Å². The van der Waals surface area contributed by atoms with E-state index in [9.17, 15) is 9.90 Å². The lowest BCUT2D eigenvalue weighted by molar-refractivity contribution is -0.126. The third-order valence-electron chi connectivity index (χ3n) is 2.44. The monoisotopic (exact) mass is 238 g/mol. The highest BCUT2D eigenvalue weighted by atomic mass is 35.5. The van der Waals surface area contributed by atoms with E-state index in [0.29, 0.717) is 11.6 Å². The van der Waals surface area contributed by atoms with Crippen molar-refractivity contribution >= 4 is 29.4 Å². The van der Waals surface area contributed by atoms with Gasteiger partial charge in [-0.05, 0) is 25.1 Å². The Kier molecular flexibility index (Phi) is 2.94. The Labute approximate surface area is 98.2 Å². The van der Waals surface area contributed by atoms with E-state index in [4.69, 9.17) is 11.6 Å². The molecule has 0 spiro atoms. The first kappa shape index (κ1) is 11.1. The Hall–Kier alpha value is -1.39. The number of aliphatic hydroxyl groups is 1. The topological polar surface area (TPSA) is 52.9 Å². The van der Waals surface area contributed by atoms with Gasteiger partial charge in [0.15, 0.2) is 0 Å². The van der Waals surface area contributed by atoms with Crippen molar-refractivity contribution in [1.82, 2.24) is 0 Å². The first-order valence-electron chi connectivity index (χ1n) is 4.95. The van der Waals surface area contributed by atoms with Crippen LogP contribution in [0.1, 0.15) is 12.5 Å². The summed E-state index contributed by atoms with van der Waals surface area (Å²) in [4.78, 5) is 17.0. The number of carbonyl (C=O) groups is 1. The zero-order valence-electron chi connectivity index (χ0n) is 8.72. The number of aliphatic imine (C=N–C) groups is 1. The largest absolute Gasteiger partial charge is 0.364 e. The van der Waals surface area contributed by atoms with Crippen LogP contribution < -0.4 is 4.90 Å². The molecule has 0 aromatic heterocycles. The van der Waals surface area contributed by atoms with Crippen molar-refractivity contribution in [3.05, 3.63) is 28.8 Å². The number of amides is 1. The van der Waals surface area contributed by atoms with Crippen LogP contribution in [-0.4, -0.2) is 30.0 Å². The number of benzodiazepines with no additional fused rings is 1. The Morgan fingerprint density at radius 1 is 1.56 bits per heavy atom. The molecule has 4 nitrogen and oxygen atoms in total. The van der Waals surface area contributed by atoms with Crippen molar-refractivity contribution in [3.63, 3.8) is 0 Å². The second-order valence-electron chi connectivity index (χ2n) is 3.44. The van der Waals surface area contributed by atoms with Crippen LogP contribution in [0.5, 0.6) is 0 Å². The van der Waals surface area contributed by atoms with Crippen molar-refractivity contribution in [2.45, 2.75) is 13.2 Å². The molecule has 0 fully saturated rings. The second kappa shape index (κ2) is 4.23. The van der Waals surface area contributed by atoms with Crippen LogP contribution in [0, 0.1) is 0 Å². The Bertz CT molecular complexity index is 459. The molecule has 0 bridgehead atoms. The molecular weight excluding hydrogens is 228 g/mol. The van der Waals surface area contributed by atoms with Gasteiger partial charge in [0.1, 0.15) is 0 Å². The molecule has 0 saturated heterocycles. The molecule has 1 aromatic rings. The Morgan fingerprint density at radius 3 is 3.00 bits per heavy atom. The van der Waals surface area contributed by atoms with Crippen LogP contribution in [0.15, 0.2) is 23.2 Å². The third kappa shape index (κ3) is 1.81. The highest BCUT2D eigenvalue weighted by molar-refractivity contribution is 6.31. The van der Waals surface area contributed by atoms with Crippen LogP contribution in [0.4, 0.5) is 5.69 Å². The predicted molar refractivity (Wildman–Crippen MR) is 63.1 cm³/mol. The van der Waals surface area contributed by atoms with Crippen LogP contribution >= 0.6 is 11.6 Å². The highest BCUT2D eigenvalue weighted by Gasteiger charge is 2.25. The second-order valence-corrected chi connectivity index (χ2v) is 3.87. The number of fused-ring (bicyclic) bond motifs is 1. The lowest BCUT2D eigenvalue weighted by atomic mass is 10.1. The summed E-state index contributed by atoms with van der Waals surface area (Å²) in [6.07, 6.45) is 0.144. The van der Waals surface area contributed by atoms with Gasteiger partial charge in [-0.2, -0.15) is 0 Å². The molecule has 1 aromatic carbocycles. The lowest BCUT2D eigenvalue weighted by Gasteiger charge is -2.21. The number of halogens is 1. The number of benzene rings is 1. The van der Waals surface area contributed by atoms with E-state index in [2.05, 4.69) is 4.99 Å². The maximum atomic E-state index is 11.8. The quantitative estimate of drug-likeness (QED) is 0.805. The van der Waals surface area contributed by atoms with Gasteiger partial charge in [-0.3, -0.25) is 9.79 Å². The van der Waals surface area contributed by atoms with E-state index in [1.165, 1.54) is 11.1 Å². The number of likely N-dealkylation sites (N-methyl/N-ethyl adjacent to an activating group) is 1. The van der Waals surface area contributed by atoms with Gasteiger partial charge in [-0.25, -0.2) is 0 Å². The van der Waals surface area contributed by atoms with Crippen LogP contribution in [0.2, 0.25) is 5.02 Å². The van der Waals surface area contributed by atoms with Gasteiger partial charge in [-0.1, -0.05) is 11.6 Å². The summed E-state index contributed by atoms with van der Waals surface area (Å²) < 4.78 is 0. The van der Waals surface area contributed by atoms with Crippen LogP contribution in [0.25, 0.3) is 0 Å². The van der Waals surface area contributed by atoms with Gasteiger partial charge in [0.25, 0.3) is 5.91 Å². The molecule has 0 saturated carbocycles. The average Bonchev–Trinajstić information content (AvgIpc) is 2.38. The van der Waals surface area contributed by atoms with Gasteiger partial charge in [-0.15, -0.1) is 0 Å². The number of hydrogen-bond donors (Lipinski definition) is 1. The fourth-order valence-corrected chi connectivity index (χ4v) is 1.85. The maximum absolute atomic E-state index is 11.8. The average molecular weight is 239 g/mol. The summed E-state index contributed by atoms with van der Waals surface area (Å²) in [5, 5.41) is 10.1. The van der Waals surface area contributed by atoms with E-state index in [1.54, 1.807) is 18.2 Å². The molecule has 1 aliphatic heterocycles. The minimum atomic E-state index is -1.33. The molecule has 0 aliphatic carbocycles. The van der Waals surface area contributed by atoms with Crippen LogP contribution in [-0.2, 0) is 4.79 Å². The van der Waals surface area contributed by atoms with Crippen molar-refractivity contribution in [2.75, 3.05) is 11.4 Å². The number of aliphatic hydroxyl groups excluding tert-OH is 1. The number of nitrogens with zero attached hydrogens (tertiary/aromatic N) is 2. The normalized spacial score (nSPS) is 19.6. The molecule has 84 valence electrons. The van der Waals surface area contributed by atoms with E-state index in [0.717, 1.165) is 11.3 Å². The smallest absolute Gasteiger partial charge is 0.278 e. The number of rotatable bonds is 1. The van der Waals surface area contributed by atoms with Gasteiger partial charge in [0.05, 0.1) is 5.69 Å². The molecular formula is C11H11ClN2O2.